The Bertz CT molecular complexity index is 950. The summed E-state index contributed by atoms with van der Waals surface area (Å²) in [5.41, 5.74) is 1.25. The molecule has 0 fully saturated rings. The summed E-state index contributed by atoms with van der Waals surface area (Å²) in [5, 5.41) is 3.04. The maximum absolute atomic E-state index is 13.4. The molecular weight excluding hydrogens is 391 g/mol. The zero-order valence-electron chi connectivity index (χ0n) is 17.0. The largest absolute Gasteiger partial charge is 0.497 e. The third-order valence-electron chi connectivity index (χ3n) is 4.65. The normalized spacial score (nSPS) is 13.8. The number of anilines is 1. The van der Waals surface area contributed by atoms with Gasteiger partial charge in [0.2, 0.25) is 0 Å². The second-order valence-electron chi connectivity index (χ2n) is 6.59. The molecule has 2 amide bonds. The third-order valence-corrected chi connectivity index (χ3v) is 4.65. The van der Waals surface area contributed by atoms with Crippen molar-refractivity contribution in [1.82, 2.24) is 4.90 Å². The Hall–Kier alpha value is -3.39. The van der Waals surface area contributed by atoms with Gasteiger partial charge >= 0.3 is 0 Å². The van der Waals surface area contributed by atoms with E-state index in [1.165, 1.54) is 38.5 Å². The van der Waals surface area contributed by atoms with Crippen LogP contribution in [0.4, 0.5) is 10.1 Å². The molecule has 0 spiro atoms. The first-order valence-electron chi connectivity index (χ1n) is 9.34. The van der Waals surface area contributed by atoms with Gasteiger partial charge in [-0.2, -0.15) is 0 Å². The van der Waals surface area contributed by atoms with Crippen molar-refractivity contribution in [3.63, 3.8) is 0 Å². The monoisotopic (exact) mass is 414 g/mol. The molecule has 0 saturated heterocycles. The van der Waals surface area contributed by atoms with Gasteiger partial charge in [-0.15, -0.1) is 0 Å². The Labute approximate surface area is 174 Å². The first kappa shape index (κ1) is 21.3. The number of amides is 2. The average Bonchev–Trinajstić information content (AvgIpc) is 2.98. The molecule has 0 saturated carbocycles. The van der Waals surface area contributed by atoms with Crippen LogP contribution in [0.3, 0.4) is 0 Å². The van der Waals surface area contributed by atoms with Crippen LogP contribution in [0.2, 0.25) is 0 Å². The summed E-state index contributed by atoms with van der Waals surface area (Å²) in [7, 11) is 4.59. The number of ether oxygens (including phenoxy) is 3. The van der Waals surface area contributed by atoms with Crippen molar-refractivity contribution in [1.29, 1.82) is 0 Å². The summed E-state index contributed by atoms with van der Waals surface area (Å²) in [6.45, 7) is 0.627. The van der Waals surface area contributed by atoms with Crippen LogP contribution in [-0.2, 0) is 14.3 Å². The number of nitrogens with one attached hydrogen (secondary N) is 1. The lowest BCUT2D eigenvalue weighted by Crippen LogP contribution is -2.33. The van der Waals surface area contributed by atoms with E-state index in [-0.39, 0.29) is 17.8 Å². The number of methoxy groups -OCH3 is 3. The Morgan fingerprint density at radius 1 is 0.933 bits per heavy atom. The Kier molecular flexibility index (Phi) is 6.68. The van der Waals surface area contributed by atoms with Gasteiger partial charge in [0.25, 0.3) is 11.8 Å². The molecule has 0 aliphatic carbocycles. The maximum atomic E-state index is 13.4. The smallest absolute Gasteiger partial charge is 0.278 e. The third kappa shape index (κ3) is 4.44. The van der Waals surface area contributed by atoms with Gasteiger partial charge in [-0.3, -0.25) is 14.5 Å². The first-order chi connectivity index (χ1) is 14.5. The molecule has 30 heavy (non-hydrogen) atoms. The number of hydrogen-bond acceptors (Lipinski definition) is 6. The number of nitrogens with zero attached hydrogens (tertiary/aromatic N) is 1. The van der Waals surface area contributed by atoms with Crippen LogP contribution >= 0.6 is 0 Å². The van der Waals surface area contributed by atoms with Crippen molar-refractivity contribution in [3.05, 3.63) is 59.5 Å². The van der Waals surface area contributed by atoms with E-state index in [1.54, 1.807) is 25.3 Å². The van der Waals surface area contributed by atoms with Gasteiger partial charge in [-0.05, 0) is 24.1 Å². The standard InChI is InChI=1S/C22H23FN2O5/c1-28-10-4-9-25-21(26)19(14-5-7-15(23)8-6-14)20(22(25)27)24-16-11-17(29-2)13-18(12-16)30-3/h5-8,11-13,24H,4,9-10H2,1-3H3. The summed E-state index contributed by atoms with van der Waals surface area (Å²) in [6.07, 6.45) is 0.505. The van der Waals surface area contributed by atoms with Crippen LogP contribution in [0, 0.1) is 5.82 Å². The number of carbonyl (C=O) groups is 2. The highest BCUT2D eigenvalue weighted by molar-refractivity contribution is 6.36. The fraction of sp³-hybridized carbons (Fsp3) is 0.273. The molecule has 2 aromatic carbocycles. The quantitative estimate of drug-likeness (QED) is 0.502. The molecule has 0 radical (unpaired) electrons. The molecular formula is C22H23FN2O5. The zero-order valence-corrected chi connectivity index (χ0v) is 17.0. The lowest BCUT2D eigenvalue weighted by Gasteiger charge is -2.15. The lowest BCUT2D eigenvalue weighted by atomic mass is 10.0. The summed E-state index contributed by atoms with van der Waals surface area (Å²) in [4.78, 5) is 27.3. The molecule has 2 aromatic rings. The van der Waals surface area contributed by atoms with E-state index in [9.17, 15) is 14.0 Å². The molecule has 0 aromatic heterocycles. The molecule has 0 unspecified atom stereocenters. The van der Waals surface area contributed by atoms with Gasteiger partial charge in [-0.1, -0.05) is 12.1 Å². The Morgan fingerprint density at radius 3 is 2.13 bits per heavy atom. The fourth-order valence-electron chi connectivity index (χ4n) is 3.17. The van der Waals surface area contributed by atoms with E-state index in [1.807, 2.05) is 0 Å². The molecule has 1 N–H and O–H groups in total. The van der Waals surface area contributed by atoms with Crippen LogP contribution in [0.15, 0.2) is 48.2 Å². The lowest BCUT2D eigenvalue weighted by molar-refractivity contribution is -0.137. The minimum Gasteiger partial charge on any atom is -0.497 e. The van der Waals surface area contributed by atoms with E-state index in [4.69, 9.17) is 14.2 Å². The highest BCUT2D eigenvalue weighted by Crippen LogP contribution is 2.33. The van der Waals surface area contributed by atoms with Crippen molar-refractivity contribution in [3.8, 4) is 11.5 Å². The molecule has 1 aliphatic rings. The Morgan fingerprint density at radius 2 is 1.57 bits per heavy atom. The summed E-state index contributed by atoms with van der Waals surface area (Å²) in [5.74, 6) is -0.290. The van der Waals surface area contributed by atoms with E-state index in [2.05, 4.69) is 5.32 Å². The highest BCUT2D eigenvalue weighted by atomic mass is 19.1. The SMILES string of the molecule is COCCCN1C(=O)C(Nc2cc(OC)cc(OC)c2)=C(c2ccc(F)cc2)C1=O. The van der Waals surface area contributed by atoms with Crippen LogP contribution in [0.25, 0.3) is 5.57 Å². The molecule has 1 aliphatic heterocycles. The number of hydrogen-bond donors (Lipinski definition) is 1. The minimum atomic E-state index is -0.461. The van der Waals surface area contributed by atoms with Gasteiger partial charge in [0.05, 0.1) is 19.8 Å². The Balaban J connectivity index is 2.02. The minimum absolute atomic E-state index is 0.110. The summed E-state index contributed by atoms with van der Waals surface area (Å²) >= 11 is 0. The summed E-state index contributed by atoms with van der Waals surface area (Å²) < 4.78 is 29.0. The van der Waals surface area contributed by atoms with Crippen LogP contribution in [0.1, 0.15) is 12.0 Å². The van der Waals surface area contributed by atoms with Gasteiger partial charge in [0.1, 0.15) is 23.0 Å². The summed E-state index contributed by atoms with van der Waals surface area (Å²) in [6, 6.07) is 10.5. The molecule has 0 bridgehead atoms. The van der Waals surface area contributed by atoms with Crippen LogP contribution in [0.5, 0.6) is 11.5 Å². The first-order valence-corrected chi connectivity index (χ1v) is 9.34. The van der Waals surface area contributed by atoms with Gasteiger partial charge in [-0.25, -0.2) is 4.39 Å². The van der Waals surface area contributed by atoms with Crippen molar-refractivity contribution in [2.75, 3.05) is 39.8 Å². The zero-order chi connectivity index (χ0) is 21.7. The van der Waals surface area contributed by atoms with E-state index >= 15 is 0 Å². The number of rotatable bonds is 9. The number of carbonyl (C=O) groups excluding carboxylic acids is 2. The molecule has 7 nitrogen and oxygen atoms in total. The number of imide groups is 1. The van der Waals surface area contributed by atoms with E-state index in [0.29, 0.717) is 35.8 Å². The van der Waals surface area contributed by atoms with Crippen molar-refractivity contribution >= 4 is 23.1 Å². The van der Waals surface area contributed by atoms with Crippen LogP contribution in [-0.4, -0.2) is 51.2 Å². The molecule has 158 valence electrons. The molecule has 0 atom stereocenters. The number of halogens is 1. The van der Waals surface area contributed by atoms with E-state index < -0.39 is 17.6 Å². The van der Waals surface area contributed by atoms with Crippen molar-refractivity contribution in [2.24, 2.45) is 0 Å². The van der Waals surface area contributed by atoms with Gasteiger partial charge < -0.3 is 19.5 Å². The molecule has 1 heterocycles. The van der Waals surface area contributed by atoms with Gasteiger partial charge in [0.15, 0.2) is 0 Å². The fourth-order valence-corrected chi connectivity index (χ4v) is 3.17. The predicted molar refractivity (Wildman–Crippen MR) is 110 cm³/mol. The molecule has 3 rings (SSSR count). The predicted octanol–water partition coefficient (Wildman–Crippen LogP) is 3.07. The molecule has 8 heteroatoms. The van der Waals surface area contributed by atoms with Crippen LogP contribution < -0.4 is 14.8 Å². The maximum Gasteiger partial charge on any atom is 0.278 e. The highest BCUT2D eigenvalue weighted by Gasteiger charge is 2.39. The topological polar surface area (TPSA) is 77.1 Å². The second-order valence-corrected chi connectivity index (χ2v) is 6.59. The number of benzene rings is 2. The van der Waals surface area contributed by atoms with Crippen molar-refractivity contribution in [2.45, 2.75) is 6.42 Å². The van der Waals surface area contributed by atoms with E-state index in [0.717, 1.165) is 4.90 Å². The average molecular weight is 414 g/mol. The second kappa shape index (κ2) is 9.41. The van der Waals surface area contributed by atoms with Gasteiger partial charge in [0, 0.05) is 44.1 Å². The van der Waals surface area contributed by atoms with Crippen molar-refractivity contribution < 1.29 is 28.2 Å².